The number of carbonyl (C=O) groups excluding carboxylic acids is 1. The first-order valence-corrected chi connectivity index (χ1v) is 7.68. The first-order chi connectivity index (χ1) is 8.34. The van der Waals surface area contributed by atoms with Gasteiger partial charge in [-0.25, -0.2) is 0 Å². The summed E-state index contributed by atoms with van der Waals surface area (Å²) in [6.45, 7) is 5.87. The van der Waals surface area contributed by atoms with E-state index in [1.807, 2.05) is 6.26 Å². The second-order valence-electron chi connectivity index (χ2n) is 5.21. The van der Waals surface area contributed by atoms with E-state index in [9.17, 15) is 4.79 Å². The second-order valence-corrected chi connectivity index (χ2v) is 7.16. The molecule has 1 saturated heterocycles. The largest absolute Gasteiger partial charge is 0.392 e. The average Bonchev–Trinajstić information content (AvgIpc) is 2.36. The van der Waals surface area contributed by atoms with Crippen LogP contribution in [0.2, 0.25) is 0 Å². The third-order valence-corrected chi connectivity index (χ3v) is 5.12. The van der Waals surface area contributed by atoms with E-state index in [2.05, 4.69) is 19.2 Å². The number of amides is 1. The van der Waals surface area contributed by atoms with Crippen LogP contribution in [-0.4, -0.2) is 41.7 Å². The molecule has 0 saturated carbocycles. The van der Waals surface area contributed by atoms with E-state index in [0.29, 0.717) is 32.6 Å². The topological polar surface area (TPSA) is 64.4 Å². The van der Waals surface area contributed by atoms with Crippen molar-refractivity contribution in [3.63, 3.8) is 0 Å². The molecule has 0 bridgehead atoms. The first kappa shape index (κ1) is 15.7. The van der Waals surface area contributed by atoms with Crippen LogP contribution in [0.4, 0.5) is 0 Å². The molecule has 18 heavy (non-hydrogen) atoms. The standard InChI is InChI=1S/C12H22N2O2S2/c1-11(2,18-3)8-14-10(15)12(9(13)17)4-6-16-7-5-12/h4-8H2,1-3H3,(H2,13,17)(H,14,15). The highest BCUT2D eigenvalue weighted by Gasteiger charge is 2.43. The molecule has 6 heteroatoms. The summed E-state index contributed by atoms with van der Waals surface area (Å²) in [5, 5.41) is 2.98. The van der Waals surface area contributed by atoms with Gasteiger partial charge < -0.3 is 15.8 Å². The highest BCUT2D eigenvalue weighted by Crippen LogP contribution is 2.31. The monoisotopic (exact) mass is 290 g/mol. The Hall–Kier alpha value is -0.330. The van der Waals surface area contributed by atoms with Crippen LogP contribution in [0.15, 0.2) is 0 Å². The Bertz CT molecular complexity index is 326. The molecular formula is C12H22N2O2S2. The number of ether oxygens (including phenoxy) is 1. The van der Waals surface area contributed by atoms with Gasteiger partial charge in [-0.05, 0) is 32.9 Å². The van der Waals surface area contributed by atoms with Crippen LogP contribution in [-0.2, 0) is 9.53 Å². The Morgan fingerprint density at radius 3 is 2.50 bits per heavy atom. The van der Waals surface area contributed by atoms with Gasteiger partial charge in [0.25, 0.3) is 0 Å². The Labute approximate surface area is 118 Å². The molecule has 0 spiro atoms. The number of nitrogens with one attached hydrogen (secondary N) is 1. The fraction of sp³-hybridized carbons (Fsp3) is 0.833. The normalized spacial score (nSPS) is 19.3. The Morgan fingerprint density at radius 1 is 1.50 bits per heavy atom. The average molecular weight is 290 g/mol. The summed E-state index contributed by atoms with van der Waals surface area (Å²) in [5.74, 6) is -0.0552. The highest BCUT2D eigenvalue weighted by atomic mass is 32.2. The molecule has 1 aliphatic rings. The maximum atomic E-state index is 12.4. The molecule has 104 valence electrons. The molecular weight excluding hydrogens is 268 g/mol. The Morgan fingerprint density at radius 2 is 2.06 bits per heavy atom. The molecule has 0 aromatic rings. The lowest BCUT2D eigenvalue weighted by molar-refractivity contribution is -0.131. The number of thioether (sulfide) groups is 1. The van der Waals surface area contributed by atoms with E-state index >= 15 is 0 Å². The van der Waals surface area contributed by atoms with Gasteiger partial charge in [0.1, 0.15) is 5.41 Å². The van der Waals surface area contributed by atoms with Gasteiger partial charge >= 0.3 is 0 Å². The predicted octanol–water partition coefficient (Wildman–Crippen LogP) is 1.33. The van der Waals surface area contributed by atoms with Gasteiger partial charge in [-0.1, -0.05) is 12.2 Å². The molecule has 0 aliphatic carbocycles. The zero-order valence-corrected chi connectivity index (χ0v) is 12.9. The molecule has 3 N–H and O–H groups in total. The van der Waals surface area contributed by atoms with Crippen LogP contribution in [0.25, 0.3) is 0 Å². The maximum Gasteiger partial charge on any atom is 0.233 e. The zero-order chi connectivity index (χ0) is 13.8. The predicted molar refractivity (Wildman–Crippen MR) is 79.9 cm³/mol. The number of hydrogen-bond acceptors (Lipinski definition) is 4. The third-order valence-electron chi connectivity index (χ3n) is 3.48. The highest BCUT2D eigenvalue weighted by molar-refractivity contribution is 7.99. The number of thiocarbonyl (C=S) groups is 1. The van der Waals surface area contributed by atoms with Crippen molar-refractivity contribution in [2.75, 3.05) is 26.0 Å². The summed E-state index contributed by atoms with van der Waals surface area (Å²) in [4.78, 5) is 12.7. The fourth-order valence-corrected chi connectivity index (χ4v) is 2.35. The zero-order valence-electron chi connectivity index (χ0n) is 11.2. The van der Waals surface area contributed by atoms with Crippen molar-refractivity contribution in [1.82, 2.24) is 5.32 Å². The lowest BCUT2D eigenvalue weighted by Crippen LogP contribution is -2.53. The van der Waals surface area contributed by atoms with E-state index in [-0.39, 0.29) is 15.6 Å². The lowest BCUT2D eigenvalue weighted by Gasteiger charge is -2.35. The van der Waals surface area contributed by atoms with Crippen LogP contribution >= 0.6 is 24.0 Å². The molecule has 0 atom stereocenters. The molecule has 1 amide bonds. The van der Waals surface area contributed by atoms with Gasteiger partial charge in [-0.2, -0.15) is 11.8 Å². The minimum Gasteiger partial charge on any atom is -0.392 e. The summed E-state index contributed by atoms with van der Waals surface area (Å²) in [5.41, 5.74) is 5.06. The molecule has 0 aromatic heterocycles. The number of carbonyl (C=O) groups is 1. The summed E-state index contributed by atoms with van der Waals surface area (Å²) in [6, 6.07) is 0. The molecule has 1 heterocycles. The summed E-state index contributed by atoms with van der Waals surface area (Å²) >= 11 is 6.82. The summed E-state index contributed by atoms with van der Waals surface area (Å²) in [6.07, 6.45) is 3.19. The van der Waals surface area contributed by atoms with E-state index < -0.39 is 5.41 Å². The fourth-order valence-electron chi connectivity index (χ4n) is 1.84. The molecule has 0 unspecified atom stereocenters. The number of hydrogen-bond donors (Lipinski definition) is 2. The maximum absolute atomic E-state index is 12.4. The van der Waals surface area contributed by atoms with Crippen molar-refractivity contribution in [2.45, 2.75) is 31.4 Å². The van der Waals surface area contributed by atoms with Gasteiger partial charge in [0.2, 0.25) is 5.91 Å². The van der Waals surface area contributed by atoms with Crippen molar-refractivity contribution in [1.29, 1.82) is 0 Å². The number of rotatable bonds is 5. The SMILES string of the molecule is CSC(C)(C)CNC(=O)C1(C(N)=S)CCOCC1. The summed E-state index contributed by atoms with van der Waals surface area (Å²) in [7, 11) is 0. The van der Waals surface area contributed by atoms with Crippen LogP contribution in [0.1, 0.15) is 26.7 Å². The van der Waals surface area contributed by atoms with E-state index in [1.165, 1.54) is 0 Å². The van der Waals surface area contributed by atoms with E-state index in [1.54, 1.807) is 11.8 Å². The Balaban J connectivity index is 2.69. The quantitative estimate of drug-likeness (QED) is 0.748. The minimum absolute atomic E-state index is 0.0121. The molecule has 4 nitrogen and oxygen atoms in total. The van der Waals surface area contributed by atoms with Crippen LogP contribution < -0.4 is 11.1 Å². The van der Waals surface area contributed by atoms with Crippen molar-refractivity contribution in [2.24, 2.45) is 11.1 Å². The molecule has 0 radical (unpaired) electrons. The first-order valence-electron chi connectivity index (χ1n) is 6.05. The molecule has 0 aromatic carbocycles. The summed E-state index contributed by atoms with van der Waals surface area (Å²) < 4.78 is 5.30. The Kier molecular flexibility index (Phi) is 5.43. The van der Waals surface area contributed by atoms with Gasteiger partial charge in [-0.15, -0.1) is 0 Å². The molecule has 1 aliphatic heterocycles. The van der Waals surface area contributed by atoms with Gasteiger partial charge in [0.15, 0.2) is 0 Å². The minimum atomic E-state index is -0.720. The smallest absolute Gasteiger partial charge is 0.233 e. The van der Waals surface area contributed by atoms with Crippen molar-refractivity contribution >= 4 is 34.9 Å². The van der Waals surface area contributed by atoms with Gasteiger partial charge in [0.05, 0.1) is 4.99 Å². The van der Waals surface area contributed by atoms with Gasteiger partial charge in [-0.3, -0.25) is 4.79 Å². The van der Waals surface area contributed by atoms with Crippen molar-refractivity contribution in [3.05, 3.63) is 0 Å². The third kappa shape index (κ3) is 3.59. The molecule has 1 fully saturated rings. The lowest BCUT2D eigenvalue weighted by atomic mass is 9.79. The van der Waals surface area contributed by atoms with E-state index in [0.717, 1.165) is 0 Å². The molecule has 1 rings (SSSR count). The number of nitrogens with two attached hydrogens (primary N) is 1. The van der Waals surface area contributed by atoms with Crippen LogP contribution in [0.5, 0.6) is 0 Å². The van der Waals surface area contributed by atoms with Crippen molar-refractivity contribution in [3.8, 4) is 0 Å². The van der Waals surface area contributed by atoms with Gasteiger partial charge in [0, 0.05) is 24.5 Å². The van der Waals surface area contributed by atoms with Crippen molar-refractivity contribution < 1.29 is 9.53 Å². The van der Waals surface area contributed by atoms with Crippen LogP contribution in [0, 0.1) is 5.41 Å². The van der Waals surface area contributed by atoms with E-state index in [4.69, 9.17) is 22.7 Å². The second kappa shape index (κ2) is 6.21. The van der Waals surface area contributed by atoms with Crippen LogP contribution in [0.3, 0.4) is 0 Å².